The zero-order valence-electron chi connectivity index (χ0n) is 16.2. The quantitative estimate of drug-likeness (QED) is 0.665. The second kappa shape index (κ2) is 9.31. The fraction of sp³-hybridized carbons (Fsp3) is 0.348. The van der Waals surface area contributed by atoms with Crippen molar-refractivity contribution >= 4 is 11.7 Å². The number of carbonyl (C=O) groups excluding carboxylic acids is 2. The Kier molecular flexibility index (Phi) is 6.58. The Bertz CT molecular complexity index is 847. The third-order valence-electron chi connectivity index (χ3n) is 5.11. The van der Waals surface area contributed by atoms with E-state index in [0.717, 1.165) is 30.4 Å². The Hall–Kier alpha value is -2.95. The van der Waals surface area contributed by atoms with Gasteiger partial charge in [-0.05, 0) is 36.1 Å². The predicted octanol–water partition coefficient (Wildman–Crippen LogP) is 4.17. The van der Waals surface area contributed by atoms with Crippen molar-refractivity contribution < 1.29 is 14.7 Å². The number of amides is 1. The molecule has 0 bridgehead atoms. The van der Waals surface area contributed by atoms with Crippen molar-refractivity contribution in [2.24, 2.45) is 0 Å². The van der Waals surface area contributed by atoms with Crippen LogP contribution in [0.5, 0.6) is 0 Å². The van der Waals surface area contributed by atoms with Crippen molar-refractivity contribution in [2.45, 2.75) is 45.1 Å². The highest BCUT2D eigenvalue weighted by atomic mass is 16.3. The van der Waals surface area contributed by atoms with E-state index in [0.29, 0.717) is 13.0 Å². The van der Waals surface area contributed by atoms with Gasteiger partial charge >= 0.3 is 0 Å². The summed E-state index contributed by atoms with van der Waals surface area (Å²) in [6.45, 7) is 2.61. The Labute approximate surface area is 165 Å². The summed E-state index contributed by atoms with van der Waals surface area (Å²) in [5.41, 5.74) is 2.07. The van der Waals surface area contributed by atoms with E-state index < -0.39 is 17.7 Å². The smallest absolute Gasteiger partial charge is 0.290 e. The standard InChI is InChI=1S/C23H26N2O3/c1-2-3-7-16-25-21(18-12-14-24-15-13-18)20(22(27)23(25)28)19(26)11-10-17-8-5-4-6-9-17/h4-6,8-9,12-15,21,27H,2-3,7,10-11,16H2,1H3. The molecule has 146 valence electrons. The third-order valence-corrected chi connectivity index (χ3v) is 5.11. The summed E-state index contributed by atoms with van der Waals surface area (Å²) in [6, 6.07) is 12.8. The summed E-state index contributed by atoms with van der Waals surface area (Å²) in [6.07, 6.45) is 6.97. The average molecular weight is 378 g/mol. The lowest BCUT2D eigenvalue weighted by Crippen LogP contribution is -2.32. The summed E-state index contributed by atoms with van der Waals surface area (Å²) >= 11 is 0. The SMILES string of the molecule is CCCCCN1C(=O)C(O)=C(C(=O)CCc2ccccc2)C1c1ccncc1. The molecule has 2 heterocycles. The van der Waals surface area contributed by atoms with E-state index in [4.69, 9.17) is 0 Å². The number of hydrogen-bond donors (Lipinski definition) is 1. The van der Waals surface area contributed by atoms with Gasteiger partial charge in [-0.1, -0.05) is 50.1 Å². The predicted molar refractivity (Wildman–Crippen MR) is 108 cm³/mol. The van der Waals surface area contributed by atoms with Crippen molar-refractivity contribution in [1.82, 2.24) is 9.88 Å². The van der Waals surface area contributed by atoms with Gasteiger partial charge < -0.3 is 10.0 Å². The van der Waals surface area contributed by atoms with Crippen LogP contribution in [0.15, 0.2) is 66.2 Å². The van der Waals surface area contributed by atoms with Crippen LogP contribution in [0, 0.1) is 0 Å². The molecule has 5 heteroatoms. The number of unbranched alkanes of at least 4 members (excludes halogenated alkanes) is 2. The first-order valence-corrected chi connectivity index (χ1v) is 9.84. The van der Waals surface area contributed by atoms with Crippen LogP contribution in [0.25, 0.3) is 0 Å². The highest BCUT2D eigenvalue weighted by Crippen LogP contribution is 2.38. The van der Waals surface area contributed by atoms with E-state index in [2.05, 4.69) is 11.9 Å². The fourth-order valence-corrected chi connectivity index (χ4v) is 3.63. The molecule has 0 spiro atoms. The average Bonchev–Trinajstić information content (AvgIpc) is 2.98. The molecule has 1 unspecified atom stereocenters. The first kappa shape index (κ1) is 19.8. The van der Waals surface area contributed by atoms with Gasteiger partial charge in [0.1, 0.15) is 0 Å². The number of aryl methyl sites for hydroxylation is 1. The van der Waals surface area contributed by atoms with E-state index in [1.165, 1.54) is 0 Å². The molecule has 1 aliphatic rings. The second-order valence-electron chi connectivity index (χ2n) is 7.06. The van der Waals surface area contributed by atoms with Crippen LogP contribution in [-0.4, -0.2) is 33.2 Å². The van der Waals surface area contributed by atoms with Gasteiger partial charge in [-0.2, -0.15) is 0 Å². The minimum Gasteiger partial charge on any atom is -0.503 e. The summed E-state index contributed by atoms with van der Waals surface area (Å²) in [7, 11) is 0. The van der Waals surface area contributed by atoms with Crippen LogP contribution in [0.4, 0.5) is 0 Å². The zero-order valence-corrected chi connectivity index (χ0v) is 16.2. The van der Waals surface area contributed by atoms with Gasteiger partial charge in [0.25, 0.3) is 5.91 Å². The molecule has 1 N–H and O–H groups in total. The van der Waals surface area contributed by atoms with E-state index in [-0.39, 0.29) is 17.8 Å². The molecule has 0 aliphatic carbocycles. The van der Waals surface area contributed by atoms with Gasteiger partial charge in [-0.25, -0.2) is 0 Å². The number of benzene rings is 1. The van der Waals surface area contributed by atoms with Crippen molar-refractivity contribution in [1.29, 1.82) is 0 Å². The number of pyridine rings is 1. The Morgan fingerprint density at radius 1 is 1.11 bits per heavy atom. The molecular weight excluding hydrogens is 352 g/mol. The molecule has 2 aromatic rings. The topological polar surface area (TPSA) is 70.5 Å². The highest BCUT2D eigenvalue weighted by Gasteiger charge is 2.42. The molecule has 1 aromatic carbocycles. The van der Waals surface area contributed by atoms with Crippen molar-refractivity contribution in [3.05, 3.63) is 77.3 Å². The maximum absolute atomic E-state index is 13.0. The number of ketones is 1. The van der Waals surface area contributed by atoms with Gasteiger partial charge in [-0.3, -0.25) is 14.6 Å². The third kappa shape index (κ3) is 4.30. The number of hydrogen-bond acceptors (Lipinski definition) is 4. The summed E-state index contributed by atoms with van der Waals surface area (Å²) in [5.74, 6) is -1.05. The molecule has 0 radical (unpaired) electrons. The maximum Gasteiger partial charge on any atom is 0.290 e. The molecule has 5 nitrogen and oxygen atoms in total. The summed E-state index contributed by atoms with van der Waals surface area (Å²) in [5, 5.41) is 10.5. The minimum atomic E-state index is -0.546. The first-order chi connectivity index (χ1) is 13.6. The van der Waals surface area contributed by atoms with E-state index in [1.807, 2.05) is 30.3 Å². The number of nitrogens with zero attached hydrogens (tertiary/aromatic N) is 2. The van der Waals surface area contributed by atoms with Crippen LogP contribution in [-0.2, 0) is 16.0 Å². The van der Waals surface area contributed by atoms with Gasteiger partial charge in [0.05, 0.1) is 11.6 Å². The summed E-state index contributed by atoms with van der Waals surface area (Å²) < 4.78 is 0. The van der Waals surface area contributed by atoms with Gasteiger partial charge in [0.2, 0.25) is 0 Å². The Morgan fingerprint density at radius 2 is 1.82 bits per heavy atom. The number of aromatic nitrogens is 1. The second-order valence-corrected chi connectivity index (χ2v) is 7.06. The highest BCUT2D eigenvalue weighted by molar-refractivity contribution is 6.09. The van der Waals surface area contributed by atoms with Crippen LogP contribution < -0.4 is 0 Å². The largest absolute Gasteiger partial charge is 0.503 e. The normalized spacial score (nSPS) is 16.7. The zero-order chi connectivity index (χ0) is 19.9. The number of aliphatic hydroxyl groups is 1. The van der Waals surface area contributed by atoms with Gasteiger partial charge in [0, 0.05) is 25.4 Å². The monoisotopic (exact) mass is 378 g/mol. The lowest BCUT2D eigenvalue weighted by molar-refractivity contribution is -0.129. The van der Waals surface area contributed by atoms with Crippen molar-refractivity contribution in [2.75, 3.05) is 6.54 Å². The van der Waals surface area contributed by atoms with Crippen molar-refractivity contribution in [3.63, 3.8) is 0 Å². The van der Waals surface area contributed by atoms with Gasteiger partial charge in [-0.15, -0.1) is 0 Å². The van der Waals surface area contributed by atoms with Crippen LogP contribution in [0.1, 0.15) is 49.8 Å². The van der Waals surface area contributed by atoms with E-state index in [1.54, 1.807) is 29.4 Å². The molecular formula is C23H26N2O3. The molecule has 0 fully saturated rings. The molecule has 3 rings (SSSR count). The van der Waals surface area contributed by atoms with Crippen LogP contribution in [0.2, 0.25) is 0 Å². The Balaban J connectivity index is 1.85. The number of rotatable bonds is 9. The first-order valence-electron chi connectivity index (χ1n) is 9.84. The molecule has 28 heavy (non-hydrogen) atoms. The van der Waals surface area contributed by atoms with Crippen LogP contribution in [0.3, 0.4) is 0 Å². The molecule has 1 atom stereocenters. The molecule has 1 aromatic heterocycles. The lowest BCUT2D eigenvalue weighted by atomic mass is 9.93. The molecule has 1 amide bonds. The fourth-order valence-electron chi connectivity index (χ4n) is 3.63. The van der Waals surface area contributed by atoms with Crippen molar-refractivity contribution in [3.8, 4) is 0 Å². The van der Waals surface area contributed by atoms with Crippen LogP contribution >= 0.6 is 0 Å². The van der Waals surface area contributed by atoms with E-state index in [9.17, 15) is 14.7 Å². The molecule has 0 saturated heterocycles. The molecule has 0 saturated carbocycles. The Morgan fingerprint density at radius 3 is 2.50 bits per heavy atom. The number of carbonyl (C=O) groups is 2. The minimum absolute atomic E-state index is 0.186. The number of Topliss-reactive ketones (excluding diaryl/α,β-unsaturated/α-hetero) is 1. The number of aliphatic hydroxyl groups excluding tert-OH is 1. The summed E-state index contributed by atoms with van der Waals surface area (Å²) in [4.78, 5) is 31.4. The van der Waals surface area contributed by atoms with E-state index >= 15 is 0 Å². The maximum atomic E-state index is 13.0. The molecule has 1 aliphatic heterocycles. The van der Waals surface area contributed by atoms with Gasteiger partial charge in [0.15, 0.2) is 11.5 Å². The lowest BCUT2D eigenvalue weighted by Gasteiger charge is -2.26.